The van der Waals surface area contributed by atoms with Crippen molar-refractivity contribution in [2.75, 3.05) is 11.8 Å². The fourth-order valence-corrected chi connectivity index (χ4v) is 4.46. The standard InChI is InChI=1S/C12H19N3O4S/c1-8-10(7-15(2)13-8)14-20(17,18)11-6-4-5-9(11)12(16)19-3/h7,9,11,14H,4-6H2,1-3H3. The molecule has 1 saturated carbocycles. The van der Waals surface area contributed by atoms with Gasteiger partial charge in [0.15, 0.2) is 0 Å². The van der Waals surface area contributed by atoms with E-state index in [1.807, 2.05) is 0 Å². The average Bonchev–Trinajstić information content (AvgIpc) is 2.96. The Morgan fingerprint density at radius 3 is 2.75 bits per heavy atom. The molecule has 0 radical (unpaired) electrons. The van der Waals surface area contributed by atoms with E-state index in [0.29, 0.717) is 30.6 Å². The minimum absolute atomic E-state index is 0.447. The van der Waals surface area contributed by atoms with Crippen LogP contribution in [-0.4, -0.2) is 36.5 Å². The van der Waals surface area contributed by atoms with Gasteiger partial charge in [0.2, 0.25) is 10.0 Å². The van der Waals surface area contributed by atoms with Crippen LogP contribution in [0.15, 0.2) is 6.20 Å². The fraction of sp³-hybridized carbons (Fsp3) is 0.667. The predicted molar refractivity (Wildman–Crippen MR) is 73.6 cm³/mol. The van der Waals surface area contributed by atoms with Gasteiger partial charge in [-0.2, -0.15) is 5.10 Å². The van der Waals surface area contributed by atoms with Crippen molar-refractivity contribution < 1.29 is 17.9 Å². The largest absolute Gasteiger partial charge is 0.469 e. The molecule has 1 heterocycles. The highest BCUT2D eigenvalue weighted by molar-refractivity contribution is 7.93. The van der Waals surface area contributed by atoms with Crippen LogP contribution in [0.25, 0.3) is 0 Å². The van der Waals surface area contributed by atoms with E-state index in [-0.39, 0.29) is 0 Å². The number of aromatic nitrogens is 2. The summed E-state index contributed by atoms with van der Waals surface area (Å²) in [6, 6.07) is 0. The van der Waals surface area contributed by atoms with Crippen LogP contribution in [0.5, 0.6) is 0 Å². The minimum Gasteiger partial charge on any atom is -0.469 e. The molecule has 1 aromatic heterocycles. The molecule has 2 rings (SSSR count). The zero-order chi connectivity index (χ0) is 14.9. The van der Waals surface area contributed by atoms with E-state index >= 15 is 0 Å². The Morgan fingerprint density at radius 2 is 2.20 bits per heavy atom. The molecule has 1 N–H and O–H groups in total. The van der Waals surface area contributed by atoms with Crippen molar-refractivity contribution in [1.29, 1.82) is 0 Å². The highest BCUT2D eigenvalue weighted by Gasteiger charge is 2.42. The summed E-state index contributed by atoms with van der Waals surface area (Å²) in [6.07, 6.45) is 3.32. The van der Waals surface area contributed by atoms with E-state index in [0.717, 1.165) is 0 Å². The van der Waals surface area contributed by atoms with E-state index in [9.17, 15) is 13.2 Å². The van der Waals surface area contributed by atoms with Crippen LogP contribution in [0.1, 0.15) is 25.0 Å². The zero-order valence-electron chi connectivity index (χ0n) is 11.8. The second-order valence-electron chi connectivity index (χ2n) is 5.05. The van der Waals surface area contributed by atoms with Crippen molar-refractivity contribution in [2.45, 2.75) is 31.4 Å². The van der Waals surface area contributed by atoms with Gasteiger partial charge < -0.3 is 4.74 Å². The number of carbonyl (C=O) groups is 1. The van der Waals surface area contributed by atoms with Gasteiger partial charge in [0, 0.05) is 13.2 Å². The maximum absolute atomic E-state index is 12.4. The van der Waals surface area contributed by atoms with Crippen LogP contribution in [0.4, 0.5) is 5.69 Å². The van der Waals surface area contributed by atoms with E-state index in [1.54, 1.807) is 24.9 Å². The molecule has 1 aliphatic carbocycles. The SMILES string of the molecule is COC(=O)C1CCCC1S(=O)(=O)Nc1cn(C)nc1C. The van der Waals surface area contributed by atoms with Crippen LogP contribution in [0.3, 0.4) is 0 Å². The number of carbonyl (C=O) groups excluding carboxylic acids is 1. The van der Waals surface area contributed by atoms with Gasteiger partial charge in [-0.15, -0.1) is 0 Å². The molecule has 112 valence electrons. The van der Waals surface area contributed by atoms with E-state index in [2.05, 4.69) is 14.6 Å². The lowest BCUT2D eigenvalue weighted by Gasteiger charge is -2.18. The third-order valence-electron chi connectivity index (χ3n) is 3.62. The smallest absolute Gasteiger partial charge is 0.310 e. The summed E-state index contributed by atoms with van der Waals surface area (Å²) in [5.41, 5.74) is 1.05. The van der Waals surface area contributed by atoms with E-state index < -0.39 is 27.2 Å². The lowest BCUT2D eigenvalue weighted by Crippen LogP contribution is -2.35. The van der Waals surface area contributed by atoms with Crippen LogP contribution >= 0.6 is 0 Å². The number of nitrogens with zero attached hydrogens (tertiary/aromatic N) is 2. The van der Waals surface area contributed by atoms with E-state index in [1.165, 1.54) is 7.11 Å². The molecule has 20 heavy (non-hydrogen) atoms. The molecule has 0 aromatic carbocycles. The monoisotopic (exact) mass is 301 g/mol. The van der Waals surface area contributed by atoms with Gasteiger partial charge in [-0.25, -0.2) is 8.42 Å². The highest BCUT2D eigenvalue weighted by Crippen LogP contribution is 2.33. The van der Waals surface area contributed by atoms with Gasteiger partial charge in [-0.3, -0.25) is 14.2 Å². The summed E-state index contributed by atoms with van der Waals surface area (Å²) in [4.78, 5) is 11.7. The molecule has 2 atom stereocenters. The summed E-state index contributed by atoms with van der Waals surface area (Å²) in [5, 5.41) is 3.35. The number of esters is 1. The number of sulfonamides is 1. The van der Waals surface area contributed by atoms with Gasteiger partial charge in [-0.1, -0.05) is 6.42 Å². The number of anilines is 1. The Balaban J connectivity index is 2.22. The summed E-state index contributed by atoms with van der Waals surface area (Å²) in [5.74, 6) is -1.05. The van der Waals surface area contributed by atoms with Crippen LogP contribution in [0.2, 0.25) is 0 Å². The number of rotatable bonds is 4. The van der Waals surface area contributed by atoms with Gasteiger partial charge in [0.25, 0.3) is 0 Å². The molecule has 0 spiro atoms. The quantitative estimate of drug-likeness (QED) is 0.831. The molecule has 1 fully saturated rings. The molecule has 7 nitrogen and oxygen atoms in total. The van der Waals surface area contributed by atoms with Crippen molar-refractivity contribution in [3.05, 3.63) is 11.9 Å². The Labute approximate surface area is 118 Å². The number of methoxy groups -OCH3 is 1. The van der Waals surface area contributed by atoms with Crippen LogP contribution in [-0.2, 0) is 26.6 Å². The second-order valence-corrected chi connectivity index (χ2v) is 6.95. The summed E-state index contributed by atoms with van der Waals surface area (Å²) in [6.45, 7) is 1.73. The first-order valence-electron chi connectivity index (χ1n) is 6.45. The number of hydrogen-bond acceptors (Lipinski definition) is 5. The predicted octanol–water partition coefficient (Wildman–Crippen LogP) is 0.812. The summed E-state index contributed by atoms with van der Waals surface area (Å²) in [7, 11) is -0.630. The highest BCUT2D eigenvalue weighted by atomic mass is 32.2. The Bertz CT molecular complexity index is 608. The molecule has 8 heteroatoms. The maximum atomic E-state index is 12.4. The lowest BCUT2D eigenvalue weighted by atomic mass is 10.1. The minimum atomic E-state index is -3.63. The Morgan fingerprint density at radius 1 is 1.50 bits per heavy atom. The molecule has 0 bridgehead atoms. The molecular weight excluding hydrogens is 282 g/mol. The molecule has 1 aromatic rings. The Kier molecular flexibility index (Phi) is 4.03. The lowest BCUT2D eigenvalue weighted by molar-refractivity contribution is -0.145. The third-order valence-corrected chi connectivity index (χ3v) is 5.49. The van der Waals surface area contributed by atoms with Crippen molar-refractivity contribution in [2.24, 2.45) is 13.0 Å². The molecule has 0 aliphatic heterocycles. The number of ether oxygens (including phenoxy) is 1. The normalized spacial score (nSPS) is 22.8. The topological polar surface area (TPSA) is 90.3 Å². The number of aryl methyl sites for hydroxylation is 2. The Hall–Kier alpha value is -1.57. The van der Waals surface area contributed by atoms with Gasteiger partial charge in [-0.05, 0) is 19.8 Å². The number of hydrogen-bond donors (Lipinski definition) is 1. The van der Waals surface area contributed by atoms with Gasteiger partial charge >= 0.3 is 5.97 Å². The summed E-state index contributed by atoms with van der Waals surface area (Å²) < 4.78 is 33.6. The van der Waals surface area contributed by atoms with Crippen LogP contribution < -0.4 is 4.72 Å². The fourth-order valence-electron chi connectivity index (χ4n) is 2.65. The first kappa shape index (κ1) is 14.8. The number of nitrogens with one attached hydrogen (secondary N) is 1. The maximum Gasteiger partial charge on any atom is 0.310 e. The summed E-state index contributed by atoms with van der Waals surface area (Å²) >= 11 is 0. The molecular formula is C12H19N3O4S. The van der Waals surface area contributed by atoms with E-state index in [4.69, 9.17) is 0 Å². The van der Waals surface area contributed by atoms with Crippen molar-refractivity contribution in [1.82, 2.24) is 9.78 Å². The van der Waals surface area contributed by atoms with Crippen molar-refractivity contribution in [3.63, 3.8) is 0 Å². The molecule has 1 aliphatic rings. The molecule has 0 saturated heterocycles. The zero-order valence-corrected chi connectivity index (χ0v) is 12.6. The first-order chi connectivity index (χ1) is 9.35. The first-order valence-corrected chi connectivity index (χ1v) is 7.99. The van der Waals surface area contributed by atoms with Crippen molar-refractivity contribution >= 4 is 21.7 Å². The van der Waals surface area contributed by atoms with Gasteiger partial charge in [0.05, 0.1) is 29.7 Å². The second kappa shape index (κ2) is 5.43. The molecule has 2 unspecified atom stereocenters. The van der Waals surface area contributed by atoms with Crippen LogP contribution in [0, 0.1) is 12.8 Å². The third kappa shape index (κ3) is 2.79. The van der Waals surface area contributed by atoms with Gasteiger partial charge in [0.1, 0.15) is 0 Å². The average molecular weight is 301 g/mol. The van der Waals surface area contributed by atoms with Crippen molar-refractivity contribution in [3.8, 4) is 0 Å². The molecule has 0 amide bonds.